The van der Waals surface area contributed by atoms with Gasteiger partial charge in [-0.25, -0.2) is 9.97 Å². The summed E-state index contributed by atoms with van der Waals surface area (Å²) in [7, 11) is 2.17. The molecule has 1 saturated heterocycles. The molecule has 1 aliphatic heterocycles. The lowest BCUT2D eigenvalue weighted by molar-refractivity contribution is 0.313. The van der Waals surface area contributed by atoms with Crippen molar-refractivity contribution < 1.29 is 0 Å². The molecule has 0 aromatic carbocycles. The Morgan fingerprint density at radius 1 is 0.903 bits per heavy atom. The van der Waals surface area contributed by atoms with Gasteiger partial charge in [-0.2, -0.15) is 5.10 Å². The molecule has 0 bridgehead atoms. The molecule has 6 heterocycles. The van der Waals surface area contributed by atoms with Crippen LogP contribution in [0.25, 0.3) is 44.6 Å². The highest BCUT2D eigenvalue weighted by Crippen LogP contribution is 2.33. The van der Waals surface area contributed by atoms with Crippen LogP contribution in [0.3, 0.4) is 0 Å². The number of fused-ring (bicyclic) bond motifs is 2. The van der Waals surface area contributed by atoms with E-state index in [2.05, 4.69) is 65.2 Å². The first-order valence-electron chi connectivity index (χ1n) is 10.4. The molecule has 1 fully saturated rings. The molecule has 8 nitrogen and oxygen atoms in total. The Morgan fingerprint density at radius 2 is 1.81 bits per heavy atom. The molecule has 0 unspecified atom stereocenters. The van der Waals surface area contributed by atoms with Gasteiger partial charge in [0.2, 0.25) is 0 Å². The Morgan fingerprint density at radius 3 is 2.65 bits per heavy atom. The second-order valence-electron chi connectivity index (χ2n) is 8.00. The van der Waals surface area contributed by atoms with Crippen LogP contribution >= 0.6 is 0 Å². The smallest absolute Gasteiger partial charge is 0.181 e. The first kappa shape index (κ1) is 18.0. The highest BCUT2D eigenvalue weighted by atomic mass is 15.2. The van der Waals surface area contributed by atoms with Gasteiger partial charge in [-0.1, -0.05) is 6.07 Å². The molecule has 0 aliphatic carbocycles. The predicted molar refractivity (Wildman–Crippen MR) is 122 cm³/mol. The molecule has 6 rings (SSSR count). The van der Waals surface area contributed by atoms with Crippen molar-refractivity contribution in [1.29, 1.82) is 0 Å². The zero-order valence-corrected chi connectivity index (χ0v) is 17.2. The van der Waals surface area contributed by atoms with Gasteiger partial charge in [0.1, 0.15) is 5.65 Å². The van der Waals surface area contributed by atoms with Crippen LogP contribution in [0, 0.1) is 0 Å². The summed E-state index contributed by atoms with van der Waals surface area (Å²) < 4.78 is 0. The molecule has 154 valence electrons. The van der Waals surface area contributed by atoms with E-state index in [0.717, 1.165) is 65.1 Å². The van der Waals surface area contributed by atoms with Crippen LogP contribution in [-0.2, 0) is 0 Å². The number of hydrogen-bond acceptors (Lipinski definition) is 6. The second-order valence-corrected chi connectivity index (χ2v) is 8.00. The van der Waals surface area contributed by atoms with Crippen LogP contribution in [0.1, 0.15) is 0 Å². The van der Waals surface area contributed by atoms with Crippen LogP contribution in [0.4, 0.5) is 5.69 Å². The lowest BCUT2D eigenvalue weighted by atomic mass is 10.1. The number of anilines is 1. The number of H-pyrrole nitrogens is 2. The van der Waals surface area contributed by atoms with E-state index in [9.17, 15) is 0 Å². The van der Waals surface area contributed by atoms with Crippen molar-refractivity contribution in [2.75, 3.05) is 38.1 Å². The molecular weight excluding hydrogens is 388 g/mol. The molecule has 0 radical (unpaired) electrons. The molecule has 5 aromatic rings. The molecule has 1 aliphatic rings. The van der Waals surface area contributed by atoms with E-state index in [1.807, 2.05) is 30.7 Å². The minimum atomic E-state index is 0.688. The normalized spacial score (nSPS) is 15.2. The fourth-order valence-corrected chi connectivity index (χ4v) is 4.27. The maximum absolute atomic E-state index is 4.58. The summed E-state index contributed by atoms with van der Waals surface area (Å²) in [5.41, 5.74) is 6.69. The van der Waals surface area contributed by atoms with E-state index in [1.165, 1.54) is 5.69 Å². The number of piperazine rings is 1. The maximum Gasteiger partial charge on any atom is 0.181 e. The molecule has 0 atom stereocenters. The van der Waals surface area contributed by atoms with Gasteiger partial charge in [-0.15, -0.1) is 0 Å². The summed E-state index contributed by atoms with van der Waals surface area (Å²) in [6.07, 6.45) is 7.33. The molecule has 8 heteroatoms. The number of hydrogen-bond donors (Lipinski definition) is 2. The average Bonchev–Trinajstić information content (AvgIpc) is 3.43. The van der Waals surface area contributed by atoms with E-state index in [4.69, 9.17) is 0 Å². The van der Waals surface area contributed by atoms with Crippen LogP contribution in [0.5, 0.6) is 0 Å². The van der Waals surface area contributed by atoms with Gasteiger partial charge in [-0.05, 0) is 31.3 Å². The highest BCUT2D eigenvalue weighted by Gasteiger charge is 2.19. The van der Waals surface area contributed by atoms with Crippen LogP contribution in [0.2, 0.25) is 0 Å². The van der Waals surface area contributed by atoms with E-state index < -0.39 is 0 Å². The Labute approximate surface area is 179 Å². The molecule has 0 amide bonds. The summed E-state index contributed by atoms with van der Waals surface area (Å²) in [5, 5.41) is 9.67. The van der Waals surface area contributed by atoms with Gasteiger partial charge < -0.3 is 14.8 Å². The molecule has 31 heavy (non-hydrogen) atoms. The van der Waals surface area contributed by atoms with Crippen molar-refractivity contribution in [3.63, 3.8) is 0 Å². The van der Waals surface area contributed by atoms with Crippen molar-refractivity contribution in [2.24, 2.45) is 0 Å². The molecular formula is C23H22N8. The van der Waals surface area contributed by atoms with Crippen molar-refractivity contribution >= 4 is 27.8 Å². The minimum absolute atomic E-state index is 0.688. The van der Waals surface area contributed by atoms with Gasteiger partial charge in [0.15, 0.2) is 5.65 Å². The van der Waals surface area contributed by atoms with Crippen LogP contribution in [-0.4, -0.2) is 68.3 Å². The topological polar surface area (TPSA) is 89.6 Å². The fourth-order valence-electron chi connectivity index (χ4n) is 4.27. The average molecular weight is 410 g/mol. The summed E-state index contributed by atoms with van der Waals surface area (Å²) in [6, 6.07) is 10.3. The van der Waals surface area contributed by atoms with Crippen molar-refractivity contribution in [3.8, 4) is 22.5 Å². The molecule has 0 spiro atoms. The van der Waals surface area contributed by atoms with Gasteiger partial charge in [0.25, 0.3) is 0 Å². The van der Waals surface area contributed by atoms with Gasteiger partial charge in [0, 0.05) is 78.6 Å². The van der Waals surface area contributed by atoms with Gasteiger partial charge >= 0.3 is 0 Å². The highest BCUT2D eigenvalue weighted by molar-refractivity contribution is 5.98. The van der Waals surface area contributed by atoms with Crippen LogP contribution in [0.15, 0.2) is 55.1 Å². The quantitative estimate of drug-likeness (QED) is 0.474. The lowest BCUT2D eigenvalue weighted by Gasteiger charge is -2.34. The maximum atomic E-state index is 4.58. The largest absolute Gasteiger partial charge is 0.368 e. The Balaban J connectivity index is 1.44. The number of nitrogens with one attached hydrogen (secondary N) is 2. The Hall–Kier alpha value is -3.78. The van der Waals surface area contributed by atoms with E-state index in [-0.39, 0.29) is 0 Å². The fraction of sp³-hybridized carbons (Fsp3) is 0.217. The number of pyridine rings is 3. The summed E-state index contributed by atoms with van der Waals surface area (Å²) in [6.45, 7) is 4.16. The van der Waals surface area contributed by atoms with Crippen molar-refractivity contribution in [2.45, 2.75) is 0 Å². The number of nitrogens with zero attached hydrogens (tertiary/aromatic N) is 6. The van der Waals surface area contributed by atoms with E-state index in [1.54, 1.807) is 6.20 Å². The SMILES string of the molecule is CN1CCN(c2ccnc3[nH]c(-c4[nH]nc5ncc(-c6cccnc6)cc45)cc23)CC1. The number of likely N-dealkylation sites (N-methyl/N-ethyl adjacent to an activating group) is 1. The Kier molecular flexibility index (Phi) is 4.17. The molecule has 0 saturated carbocycles. The zero-order valence-electron chi connectivity index (χ0n) is 17.2. The van der Waals surface area contributed by atoms with E-state index >= 15 is 0 Å². The third-order valence-corrected chi connectivity index (χ3v) is 6.03. The van der Waals surface area contributed by atoms with Crippen molar-refractivity contribution in [1.82, 2.24) is 35.0 Å². The second kappa shape index (κ2) is 7.17. The molecule has 5 aromatic heterocycles. The summed E-state index contributed by atoms with van der Waals surface area (Å²) >= 11 is 0. The van der Waals surface area contributed by atoms with Gasteiger partial charge in [-0.3, -0.25) is 10.1 Å². The minimum Gasteiger partial charge on any atom is -0.368 e. The summed E-state index contributed by atoms with van der Waals surface area (Å²) in [5.74, 6) is 0. The first-order chi connectivity index (χ1) is 15.3. The van der Waals surface area contributed by atoms with Crippen LogP contribution < -0.4 is 4.90 Å². The monoisotopic (exact) mass is 410 g/mol. The third kappa shape index (κ3) is 3.12. The van der Waals surface area contributed by atoms with Gasteiger partial charge in [0.05, 0.1) is 11.4 Å². The van der Waals surface area contributed by atoms with Crippen molar-refractivity contribution in [3.05, 3.63) is 55.1 Å². The molecule has 2 N–H and O–H groups in total. The predicted octanol–water partition coefficient (Wildman–Crippen LogP) is 3.32. The van der Waals surface area contributed by atoms with E-state index in [0.29, 0.717) is 5.65 Å². The number of aromatic amines is 2. The summed E-state index contributed by atoms with van der Waals surface area (Å²) in [4.78, 5) is 21.6. The Bertz CT molecular complexity index is 1360. The number of rotatable bonds is 3. The third-order valence-electron chi connectivity index (χ3n) is 6.03. The number of aromatic nitrogens is 6. The zero-order chi connectivity index (χ0) is 20.8. The standard InChI is InChI=1S/C23H22N8/c1-30-7-9-31(10-8-30)20-4-6-25-22-17(20)12-19(27-22)21-18-11-16(14-26-23(18)29-28-21)15-3-2-5-24-13-15/h2-6,11-14H,7-10H2,1H3,(H,25,27)(H,26,28,29). The first-order valence-corrected chi connectivity index (χ1v) is 10.4. The lowest BCUT2D eigenvalue weighted by Crippen LogP contribution is -2.44.